The van der Waals surface area contributed by atoms with E-state index >= 15 is 0 Å². The van der Waals surface area contributed by atoms with Crippen LogP contribution in [0.2, 0.25) is 0 Å². The van der Waals surface area contributed by atoms with Crippen molar-refractivity contribution in [1.82, 2.24) is 19.9 Å². The number of carbonyl (C=O) groups is 2. The minimum atomic E-state index is -0.302. The highest BCUT2D eigenvalue weighted by atomic mass is 32.1. The molecule has 4 rings (SSSR count). The minimum absolute atomic E-state index is 0.0618. The highest BCUT2D eigenvalue weighted by Crippen LogP contribution is 2.23. The molecular weight excluding hydrogens is 350 g/mol. The molecule has 0 bridgehead atoms. The first-order chi connectivity index (χ1) is 12.7. The molecule has 0 atom stereocenters. The first kappa shape index (κ1) is 16.5. The molecule has 26 heavy (non-hydrogen) atoms. The van der Waals surface area contributed by atoms with Gasteiger partial charge in [0, 0.05) is 30.9 Å². The highest BCUT2D eigenvalue weighted by Gasteiger charge is 2.22. The van der Waals surface area contributed by atoms with E-state index in [0.29, 0.717) is 22.1 Å². The second-order valence-corrected chi connectivity index (χ2v) is 6.87. The molecule has 0 radical (unpaired) electrons. The summed E-state index contributed by atoms with van der Waals surface area (Å²) in [6, 6.07) is 7.18. The molecule has 0 spiro atoms. The maximum atomic E-state index is 12.4. The first-order valence-corrected chi connectivity index (χ1v) is 9.24. The molecular formula is C18H17N5O2S. The molecule has 2 N–H and O–H groups in total. The lowest BCUT2D eigenvalue weighted by Gasteiger charge is -2.13. The average molecular weight is 367 g/mol. The Morgan fingerprint density at radius 3 is 2.81 bits per heavy atom. The van der Waals surface area contributed by atoms with Crippen LogP contribution >= 0.6 is 11.3 Å². The van der Waals surface area contributed by atoms with E-state index in [1.165, 1.54) is 11.3 Å². The van der Waals surface area contributed by atoms with Crippen LogP contribution in [-0.2, 0) is 0 Å². The molecule has 4 heterocycles. The Morgan fingerprint density at radius 2 is 2.04 bits per heavy atom. The number of aromatic nitrogens is 3. The monoisotopic (exact) mass is 367 g/mol. The van der Waals surface area contributed by atoms with Gasteiger partial charge in [-0.25, -0.2) is 4.98 Å². The van der Waals surface area contributed by atoms with E-state index in [4.69, 9.17) is 0 Å². The summed E-state index contributed by atoms with van der Waals surface area (Å²) in [6.45, 7) is 1.55. The Kier molecular flexibility index (Phi) is 4.49. The predicted molar refractivity (Wildman–Crippen MR) is 99.2 cm³/mol. The summed E-state index contributed by atoms with van der Waals surface area (Å²) in [5, 5.41) is 5.10. The summed E-state index contributed by atoms with van der Waals surface area (Å²) in [4.78, 5) is 38.1. The number of nitrogens with zero attached hydrogens (tertiary/aromatic N) is 3. The molecule has 0 unspecified atom stereocenters. The quantitative estimate of drug-likeness (QED) is 0.741. The summed E-state index contributed by atoms with van der Waals surface area (Å²) in [5.74, 6) is -0.364. The maximum Gasteiger partial charge on any atom is 0.270 e. The van der Waals surface area contributed by atoms with Gasteiger partial charge >= 0.3 is 0 Å². The second-order valence-electron chi connectivity index (χ2n) is 6.01. The number of nitrogens with one attached hydrogen (secondary N) is 2. The van der Waals surface area contributed by atoms with Crippen LogP contribution in [0.3, 0.4) is 0 Å². The molecule has 0 aromatic carbocycles. The lowest BCUT2D eigenvalue weighted by atomic mass is 10.3. The van der Waals surface area contributed by atoms with Gasteiger partial charge in [0.15, 0.2) is 5.13 Å². The van der Waals surface area contributed by atoms with Gasteiger partial charge in [0.1, 0.15) is 11.4 Å². The van der Waals surface area contributed by atoms with Gasteiger partial charge in [-0.1, -0.05) is 6.07 Å². The molecule has 2 amide bonds. The van der Waals surface area contributed by atoms with Gasteiger partial charge in [0.25, 0.3) is 11.8 Å². The van der Waals surface area contributed by atoms with Gasteiger partial charge < -0.3 is 9.88 Å². The summed E-state index contributed by atoms with van der Waals surface area (Å²) in [5.41, 5.74) is 2.31. The van der Waals surface area contributed by atoms with Gasteiger partial charge in [0.05, 0.1) is 11.3 Å². The van der Waals surface area contributed by atoms with Crippen molar-refractivity contribution in [2.45, 2.75) is 12.8 Å². The normalized spacial score (nSPS) is 13.8. The molecule has 3 aromatic heterocycles. The summed E-state index contributed by atoms with van der Waals surface area (Å²) in [6.07, 6.45) is 5.31. The average Bonchev–Trinajstić information content (AvgIpc) is 3.42. The molecule has 1 aliphatic rings. The lowest BCUT2D eigenvalue weighted by molar-refractivity contribution is 0.0787. The fourth-order valence-corrected chi connectivity index (χ4v) is 3.57. The molecule has 7 nitrogen and oxygen atoms in total. The van der Waals surface area contributed by atoms with Crippen LogP contribution in [0.4, 0.5) is 5.13 Å². The topological polar surface area (TPSA) is 91.0 Å². The van der Waals surface area contributed by atoms with Gasteiger partial charge in [-0.2, -0.15) is 0 Å². The van der Waals surface area contributed by atoms with Crippen molar-refractivity contribution in [3.8, 4) is 11.4 Å². The molecule has 1 saturated heterocycles. The Bertz CT molecular complexity index is 928. The summed E-state index contributed by atoms with van der Waals surface area (Å²) >= 11 is 1.33. The van der Waals surface area contributed by atoms with E-state index in [9.17, 15) is 9.59 Å². The molecule has 132 valence electrons. The van der Waals surface area contributed by atoms with Crippen LogP contribution in [0.5, 0.6) is 0 Å². The summed E-state index contributed by atoms with van der Waals surface area (Å²) in [7, 11) is 0. The van der Waals surface area contributed by atoms with Gasteiger partial charge in [-0.3, -0.25) is 19.9 Å². The van der Waals surface area contributed by atoms with Gasteiger partial charge in [-0.05, 0) is 31.0 Å². The number of hydrogen-bond acceptors (Lipinski definition) is 5. The van der Waals surface area contributed by atoms with Crippen LogP contribution < -0.4 is 5.32 Å². The number of rotatable bonds is 4. The maximum absolute atomic E-state index is 12.4. The SMILES string of the molecule is O=C(Nc1nc(-c2ccccn2)cs1)c1c[nH]c(C(=O)N2CCCC2)c1. The number of carbonyl (C=O) groups excluding carboxylic acids is 2. The number of likely N-dealkylation sites (tertiary alicyclic amines) is 1. The number of amides is 2. The Labute approximate surface area is 154 Å². The van der Waals surface area contributed by atoms with Crippen LogP contribution in [0.25, 0.3) is 11.4 Å². The van der Waals surface area contributed by atoms with Crippen molar-refractivity contribution < 1.29 is 9.59 Å². The van der Waals surface area contributed by atoms with Crippen molar-refractivity contribution in [3.05, 3.63) is 53.3 Å². The Balaban J connectivity index is 1.44. The standard InChI is InChI=1S/C18H17N5O2S/c24-16(12-9-14(20-10-12)17(25)23-7-3-4-8-23)22-18-21-15(11-26-18)13-5-1-2-6-19-13/h1-2,5-6,9-11,20H,3-4,7-8H2,(H,21,22,24). The predicted octanol–water partition coefficient (Wildman–Crippen LogP) is 3.02. The number of H-pyrrole nitrogens is 1. The minimum Gasteiger partial charge on any atom is -0.356 e. The van der Waals surface area contributed by atoms with Crippen LogP contribution in [0, 0.1) is 0 Å². The molecule has 0 saturated carbocycles. The lowest BCUT2D eigenvalue weighted by Crippen LogP contribution is -2.27. The fraction of sp³-hybridized carbons (Fsp3) is 0.222. The molecule has 0 aliphatic carbocycles. The third-order valence-electron chi connectivity index (χ3n) is 4.22. The second kappa shape index (κ2) is 7.09. The van der Waals surface area contributed by atoms with Gasteiger partial charge in [0.2, 0.25) is 0 Å². The number of anilines is 1. The largest absolute Gasteiger partial charge is 0.356 e. The number of pyridine rings is 1. The number of hydrogen-bond donors (Lipinski definition) is 2. The zero-order chi connectivity index (χ0) is 17.9. The number of aromatic amines is 1. The van der Waals surface area contributed by atoms with Crippen LogP contribution in [-0.4, -0.2) is 44.8 Å². The summed E-state index contributed by atoms with van der Waals surface area (Å²) < 4.78 is 0. The van der Waals surface area contributed by atoms with Crippen molar-refractivity contribution in [2.24, 2.45) is 0 Å². The van der Waals surface area contributed by atoms with E-state index in [-0.39, 0.29) is 11.8 Å². The van der Waals surface area contributed by atoms with Crippen molar-refractivity contribution in [1.29, 1.82) is 0 Å². The Hall–Kier alpha value is -3.00. The fourth-order valence-electron chi connectivity index (χ4n) is 2.87. The molecule has 1 fully saturated rings. The smallest absolute Gasteiger partial charge is 0.270 e. The van der Waals surface area contributed by atoms with E-state index < -0.39 is 0 Å². The first-order valence-electron chi connectivity index (χ1n) is 8.37. The Morgan fingerprint density at radius 1 is 1.19 bits per heavy atom. The zero-order valence-electron chi connectivity index (χ0n) is 13.9. The zero-order valence-corrected chi connectivity index (χ0v) is 14.8. The van der Waals surface area contributed by atoms with Crippen molar-refractivity contribution in [3.63, 3.8) is 0 Å². The highest BCUT2D eigenvalue weighted by molar-refractivity contribution is 7.14. The van der Waals surface area contributed by atoms with Crippen molar-refractivity contribution >= 4 is 28.3 Å². The molecule has 3 aromatic rings. The van der Waals surface area contributed by atoms with E-state index in [2.05, 4.69) is 20.3 Å². The van der Waals surface area contributed by atoms with Crippen molar-refractivity contribution in [2.75, 3.05) is 18.4 Å². The van der Waals surface area contributed by atoms with Crippen LogP contribution in [0.1, 0.15) is 33.7 Å². The third-order valence-corrected chi connectivity index (χ3v) is 4.98. The van der Waals surface area contributed by atoms with E-state index in [1.54, 1.807) is 23.4 Å². The number of thiazole rings is 1. The van der Waals surface area contributed by atoms with E-state index in [1.807, 2.05) is 23.6 Å². The molecule has 1 aliphatic heterocycles. The van der Waals surface area contributed by atoms with Crippen LogP contribution in [0.15, 0.2) is 42.0 Å². The van der Waals surface area contributed by atoms with E-state index in [0.717, 1.165) is 31.6 Å². The van der Waals surface area contributed by atoms with Gasteiger partial charge in [-0.15, -0.1) is 11.3 Å². The third kappa shape index (κ3) is 3.36. The molecule has 8 heteroatoms.